The van der Waals surface area contributed by atoms with Gasteiger partial charge in [0.15, 0.2) is 5.65 Å². The van der Waals surface area contributed by atoms with Crippen molar-refractivity contribution in [2.45, 2.75) is 0 Å². The third kappa shape index (κ3) is 1.42. The molecule has 0 bridgehead atoms. The summed E-state index contributed by atoms with van der Waals surface area (Å²) in [5, 5.41) is 13.1. The average Bonchev–Trinajstić information content (AvgIpc) is 2.74. The molecule has 0 fully saturated rings. The zero-order chi connectivity index (χ0) is 12.9. The highest BCUT2D eigenvalue weighted by molar-refractivity contribution is 9.10. The third-order valence-corrected chi connectivity index (χ3v) is 3.13. The van der Waals surface area contributed by atoms with Gasteiger partial charge >= 0.3 is 11.7 Å². The lowest BCUT2D eigenvalue weighted by Gasteiger charge is -2.00. The molecule has 0 amide bonds. The molecule has 1 aromatic carbocycles. The molecule has 0 saturated heterocycles. The number of aromatic nitrogens is 4. The van der Waals surface area contributed by atoms with Crippen LogP contribution in [0.25, 0.3) is 16.6 Å². The zero-order valence-corrected chi connectivity index (χ0v) is 10.3. The van der Waals surface area contributed by atoms with Crippen molar-refractivity contribution in [3.63, 3.8) is 0 Å². The highest BCUT2D eigenvalue weighted by Gasteiger charge is 2.16. The molecule has 0 aliphatic heterocycles. The number of rotatable bonds is 1. The highest BCUT2D eigenvalue weighted by atomic mass is 79.9. The van der Waals surface area contributed by atoms with Crippen LogP contribution in [0.5, 0.6) is 0 Å². The molecule has 7 nitrogen and oxygen atoms in total. The number of fused-ring (bicyclic) bond motifs is 3. The van der Waals surface area contributed by atoms with Crippen LogP contribution in [0.3, 0.4) is 0 Å². The molecule has 0 unspecified atom stereocenters. The van der Waals surface area contributed by atoms with Crippen LogP contribution in [-0.4, -0.2) is 30.7 Å². The number of nitrogens with one attached hydrogen (secondary N) is 1. The van der Waals surface area contributed by atoms with Crippen LogP contribution < -0.4 is 5.69 Å². The molecule has 8 heteroatoms. The summed E-state index contributed by atoms with van der Waals surface area (Å²) in [5.41, 5.74) is 0.237. The van der Waals surface area contributed by atoms with E-state index in [-0.39, 0.29) is 5.65 Å². The second-order valence-corrected chi connectivity index (χ2v) is 4.42. The van der Waals surface area contributed by atoms with Gasteiger partial charge in [0.1, 0.15) is 0 Å². The second-order valence-electron chi connectivity index (χ2n) is 3.57. The van der Waals surface area contributed by atoms with Gasteiger partial charge in [0.05, 0.1) is 10.9 Å². The molecule has 2 aromatic heterocycles. The minimum Gasteiger partial charge on any atom is -0.475 e. The molecule has 2 heterocycles. The van der Waals surface area contributed by atoms with Crippen LogP contribution >= 0.6 is 15.9 Å². The van der Waals surface area contributed by atoms with Gasteiger partial charge in [-0.3, -0.25) is 0 Å². The Hall–Kier alpha value is -2.22. The molecule has 90 valence electrons. The Bertz CT molecular complexity index is 851. The van der Waals surface area contributed by atoms with E-state index < -0.39 is 17.5 Å². The lowest BCUT2D eigenvalue weighted by Crippen LogP contribution is -2.17. The molecule has 3 aromatic rings. The summed E-state index contributed by atoms with van der Waals surface area (Å²) in [6.45, 7) is 0. The summed E-state index contributed by atoms with van der Waals surface area (Å²) in [6.07, 6.45) is 0. The van der Waals surface area contributed by atoms with Gasteiger partial charge < -0.3 is 10.1 Å². The Labute approximate surface area is 107 Å². The molecule has 18 heavy (non-hydrogen) atoms. The van der Waals surface area contributed by atoms with Crippen molar-refractivity contribution >= 4 is 38.4 Å². The smallest absolute Gasteiger partial charge is 0.375 e. The van der Waals surface area contributed by atoms with Crippen LogP contribution in [0.1, 0.15) is 10.6 Å². The Balaban J connectivity index is 2.60. The first-order chi connectivity index (χ1) is 8.58. The Morgan fingerprint density at radius 3 is 2.94 bits per heavy atom. The fourth-order valence-electron chi connectivity index (χ4n) is 1.73. The summed E-state index contributed by atoms with van der Waals surface area (Å²) in [4.78, 5) is 29.0. The third-order valence-electron chi connectivity index (χ3n) is 2.47. The molecule has 0 saturated carbocycles. The first-order valence-electron chi connectivity index (χ1n) is 4.88. The fraction of sp³-hybridized carbons (Fsp3) is 0. The number of hydrogen-bond donors (Lipinski definition) is 2. The number of H-pyrrole nitrogens is 1. The maximum absolute atomic E-state index is 11.7. The van der Waals surface area contributed by atoms with Crippen molar-refractivity contribution in [1.29, 1.82) is 0 Å². The number of aromatic carboxylic acids is 1. The Morgan fingerprint density at radius 2 is 2.22 bits per heavy atom. The molecule has 0 radical (unpaired) electrons. The van der Waals surface area contributed by atoms with E-state index in [4.69, 9.17) is 5.11 Å². The lowest BCUT2D eigenvalue weighted by atomic mass is 10.2. The second kappa shape index (κ2) is 3.64. The summed E-state index contributed by atoms with van der Waals surface area (Å²) in [5.74, 6) is -1.69. The molecule has 0 spiro atoms. The number of benzene rings is 1. The summed E-state index contributed by atoms with van der Waals surface area (Å²) >= 11 is 3.34. The monoisotopic (exact) mass is 308 g/mol. The number of carboxylic acids is 1. The quantitative estimate of drug-likeness (QED) is 0.699. The van der Waals surface area contributed by atoms with E-state index in [2.05, 4.69) is 31.0 Å². The fourth-order valence-corrected chi connectivity index (χ4v) is 2.27. The normalized spacial score (nSPS) is 11.2. The number of aromatic amines is 1. The number of nitrogens with zero attached hydrogens (tertiary/aromatic N) is 3. The maximum Gasteiger partial charge on any atom is 0.375 e. The highest BCUT2D eigenvalue weighted by Crippen LogP contribution is 2.24. The van der Waals surface area contributed by atoms with Crippen molar-refractivity contribution < 1.29 is 9.90 Å². The Morgan fingerprint density at radius 1 is 1.44 bits per heavy atom. The van der Waals surface area contributed by atoms with Crippen molar-refractivity contribution in [1.82, 2.24) is 19.6 Å². The predicted molar refractivity (Wildman–Crippen MR) is 65.8 cm³/mol. The largest absolute Gasteiger partial charge is 0.475 e. The maximum atomic E-state index is 11.7. The van der Waals surface area contributed by atoms with E-state index in [1.165, 1.54) is 0 Å². The standard InChI is InChI=1S/C10H5BrN4O3/c11-4-2-1-3-5-6(4)8-13-7(9(16)17)14-15(8)10(18)12-5/h1-3H,(H,12,18)(H,16,17). The molecule has 2 N–H and O–H groups in total. The van der Waals surface area contributed by atoms with E-state index in [0.29, 0.717) is 15.4 Å². The van der Waals surface area contributed by atoms with Gasteiger partial charge in [-0.15, -0.1) is 5.10 Å². The molecule has 0 aliphatic rings. The van der Waals surface area contributed by atoms with Gasteiger partial charge in [-0.1, -0.05) is 6.07 Å². The van der Waals surface area contributed by atoms with E-state index in [9.17, 15) is 9.59 Å². The predicted octanol–water partition coefficient (Wildman–Crippen LogP) is 1.03. The van der Waals surface area contributed by atoms with Gasteiger partial charge in [0, 0.05) is 4.47 Å². The molecule has 3 rings (SSSR count). The molecular formula is C10H5BrN4O3. The van der Waals surface area contributed by atoms with Crippen molar-refractivity contribution in [2.75, 3.05) is 0 Å². The number of carboxylic acid groups (broad SMARTS) is 1. The van der Waals surface area contributed by atoms with Crippen molar-refractivity contribution in [3.8, 4) is 0 Å². The van der Waals surface area contributed by atoms with Crippen LogP contribution in [0, 0.1) is 0 Å². The van der Waals surface area contributed by atoms with Gasteiger partial charge in [-0.2, -0.15) is 4.52 Å². The summed E-state index contributed by atoms with van der Waals surface area (Å²) < 4.78 is 1.64. The SMILES string of the molecule is O=C(O)c1nc2c3c(Br)cccc3[nH]c(=O)n2n1. The molecule has 0 atom stereocenters. The van der Waals surface area contributed by atoms with Gasteiger partial charge in [0.2, 0.25) is 0 Å². The van der Waals surface area contributed by atoms with E-state index in [1.807, 2.05) is 0 Å². The number of hydrogen-bond acceptors (Lipinski definition) is 4. The van der Waals surface area contributed by atoms with Gasteiger partial charge in [0.25, 0.3) is 5.82 Å². The van der Waals surface area contributed by atoms with E-state index >= 15 is 0 Å². The Kier molecular flexibility index (Phi) is 2.20. The van der Waals surface area contributed by atoms with E-state index in [1.54, 1.807) is 18.2 Å². The average molecular weight is 309 g/mol. The first kappa shape index (κ1) is 10.9. The molecular weight excluding hydrogens is 304 g/mol. The molecule has 0 aliphatic carbocycles. The van der Waals surface area contributed by atoms with E-state index in [0.717, 1.165) is 4.52 Å². The van der Waals surface area contributed by atoms with Crippen molar-refractivity contribution in [2.24, 2.45) is 0 Å². The van der Waals surface area contributed by atoms with Crippen molar-refractivity contribution in [3.05, 3.63) is 39.0 Å². The minimum atomic E-state index is -1.28. The van der Waals surface area contributed by atoms with Crippen LogP contribution in [0.4, 0.5) is 0 Å². The topological polar surface area (TPSA) is 100 Å². The number of halogens is 1. The van der Waals surface area contributed by atoms with Crippen LogP contribution in [0.15, 0.2) is 27.5 Å². The first-order valence-corrected chi connectivity index (χ1v) is 5.68. The lowest BCUT2D eigenvalue weighted by molar-refractivity contribution is 0.0684. The van der Waals surface area contributed by atoms with Gasteiger partial charge in [-0.25, -0.2) is 14.6 Å². The number of carbonyl (C=O) groups is 1. The minimum absolute atomic E-state index is 0.207. The summed E-state index contributed by atoms with van der Waals surface area (Å²) in [7, 11) is 0. The zero-order valence-electron chi connectivity index (χ0n) is 8.72. The summed E-state index contributed by atoms with van der Waals surface area (Å²) in [6, 6.07) is 5.24. The van der Waals surface area contributed by atoms with Gasteiger partial charge in [-0.05, 0) is 28.1 Å². The van der Waals surface area contributed by atoms with Crippen LogP contribution in [0.2, 0.25) is 0 Å². The van der Waals surface area contributed by atoms with Crippen LogP contribution in [-0.2, 0) is 0 Å².